The maximum atomic E-state index is 2.56. The van der Waals surface area contributed by atoms with Gasteiger partial charge in [0, 0.05) is 64.8 Å². The Morgan fingerprint density at radius 3 is 1.85 bits per heavy atom. The van der Waals surface area contributed by atoms with E-state index >= 15 is 0 Å². The first-order valence-corrected chi connectivity index (χ1v) is 21.5. The van der Waals surface area contributed by atoms with Gasteiger partial charge in [-0.3, -0.25) is 0 Å². The van der Waals surface area contributed by atoms with Crippen LogP contribution in [0.5, 0.6) is 0 Å². The van der Waals surface area contributed by atoms with Gasteiger partial charge in [-0.1, -0.05) is 118 Å². The van der Waals surface area contributed by atoms with Crippen molar-refractivity contribution in [1.82, 2.24) is 4.40 Å². The molecule has 0 spiro atoms. The van der Waals surface area contributed by atoms with Crippen molar-refractivity contribution in [2.75, 3.05) is 9.80 Å². The molecule has 8 aromatic carbocycles. The molecule has 0 aliphatic carbocycles. The zero-order valence-electron chi connectivity index (χ0n) is 33.1. The fourth-order valence-electron chi connectivity index (χ4n) is 10.4. The van der Waals surface area contributed by atoms with Crippen LogP contribution in [0.1, 0.15) is 26.3 Å². The summed E-state index contributed by atoms with van der Waals surface area (Å²) in [5.41, 5.74) is 17.7. The third-order valence-electron chi connectivity index (χ3n) is 13.0. The van der Waals surface area contributed by atoms with Gasteiger partial charge in [0.15, 0.2) is 0 Å². The van der Waals surface area contributed by atoms with Crippen LogP contribution >= 0.6 is 11.3 Å². The Morgan fingerprint density at radius 1 is 0.475 bits per heavy atom. The summed E-state index contributed by atoms with van der Waals surface area (Å²) >= 11 is 1.96. The van der Waals surface area contributed by atoms with E-state index in [4.69, 9.17) is 0 Å². The fraction of sp³-hybridized carbons (Fsp3) is 0.0741. The van der Waals surface area contributed by atoms with Crippen molar-refractivity contribution < 1.29 is 0 Å². The summed E-state index contributed by atoms with van der Waals surface area (Å²) < 4.78 is 5.25. The van der Waals surface area contributed by atoms with Gasteiger partial charge in [-0.15, -0.1) is 11.3 Å². The molecule has 3 nitrogen and oxygen atoms in total. The summed E-state index contributed by atoms with van der Waals surface area (Å²) in [6, 6.07) is 65.8. The molecule has 13 rings (SSSR count). The second-order valence-electron chi connectivity index (χ2n) is 17.3. The summed E-state index contributed by atoms with van der Waals surface area (Å²) in [6.07, 6.45) is 0. The molecule has 11 aromatic rings. The van der Waals surface area contributed by atoms with Crippen LogP contribution in [-0.4, -0.2) is 11.1 Å². The lowest BCUT2D eigenvalue weighted by atomic mass is 9.36. The molecule has 0 bridgehead atoms. The van der Waals surface area contributed by atoms with Crippen molar-refractivity contribution >= 4 is 116 Å². The number of nitrogens with zero attached hydrogens (tertiary/aromatic N) is 3. The van der Waals surface area contributed by atoms with E-state index in [1.165, 1.54) is 109 Å². The number of hydrogen-bond donors (Lipinski definition) is 0. The minimum atomic E-state index is 0.000941. The minimum Gasteiger partial charge on any atom is -0.311 e. The predicted molar refractivity (Wildman–Crippen MR) is 255 cm³/mol. The lowest BCUT2D eigenvalue weighted by Gasteiger charge is -2.43. The molecule has 0 saturated carbocycles. The second kappa shape index (κ2) is 11.9. The number of hydrogen-bond acceptors (Lipinski definition) is 3. The number of benzene rings is 8. The fourth-order valence-corrected chi connectivity index (χ4v) is 11.6. The first-order valence-electron chi connectivity index (χ1n) is 20.6. The number of rotatable bonds is 3. The van der Waals surface area contributed by atoms with Gasteiger partial charge in [-0.25, -0.2) is 0 Å². The molecule has 5 heterocycles. The highest BCUT2D eigenvalue weighted by Gasteiger charge is 2.45. The van der Waals surface area contributed by atoms with Gasteiger partial charge in [-0.05, 0) is 112 Å². The molecule has 0 fully saturated rings. The van der Waals surface area contributed by atoms with Crippen molar-refractivity contribution in [3.05, 3.63) is 181 Å². The molecule has 5 heteroatoms. The molecular formula is C54H38BN3S. The summed E-state index contributed by atoms with van der Waals surface area (Å²) in [4.78, 5) is 5.09. The zero-order chi connectivity index (χ0) is 39.1. The standard InChI is InChI=1S/C54H38BN3S/c1-54(2,3)35-29-40-38-22-13-14-23-44(38)58-47-32-43-48(31-39(47)41(30-35)51(40)58)56(36-18-9-5-10-19-36)45-24-15-25-46-50(45)55(43)53-52(57(46)37-20-11-6-12-21-37)42-28-34(26-27-49(42)59-53)33-16-7-4-8-17-33/h4-32H,1-3H3. The van der Waals surface area contributed by atoms with Crippen LogP contribution in [0.25, 0.3) is 59.3 Å². The maximum Gasteiger partial charge on any atom is 0.264 e. The molecule has 59 heavy (non-hydrogen) atoms. The van der Waals surface area contributed by atoms with Crippen LogP contribution in [0.4, 0.5) is 34.1 Å². The quantitative estimate of drug-likeness (QED) is 0.166. The molecule has 0 radical (unpaired) electrons. The van der Waals surface area contributed by atoms with Gasteiger partial charge in [-0.2, -0.15) is 0 Å². The van der Waals surface area contributed by atoms with Crippen LogP contribution in [-0.2, 0) is 5.41 Å². The van der Waals surface area contributed by atoms with Crippen LogP contribution < -0.4 is 25.5 Å². The van der Waals surface area contributed by atoms with Crippen LogP contribution in [0.2, 0.25) is 0 Å². The first kappa shape index (κ1) is 33.2. The van der Waals surface area contributed by atoms with Gasteiger partial charge in [0.2, 0.25) is 0 Å². The third-order valence-corrected chi connectivity index (χ3v) is 14.2. The van der Waals surface area contributed by atoms with Crippen molar-refractivity contribution in [2.45, 2.75) is 26.2 Å². The number of aromatic nitrogens is 1. The van der Waals surface area contributed by atoms with Crippen LogP contribution in [0.15, 0.2) is 176 Å². The molecule has 0 unspecified atom stereocenters. The third kappa shape index (κ3) is 4.54. The molecule has 0 atom stereocenters. The Labute approximate surface area is 347 Å². The summed E-state index contributed by atoms with van der Waals surface area (Å²) in [6.45, 7) is 7.03. The van der Waals surface area contributed by atoms with Crippen molar-refractivity contribution in [2.24, 2.45) is 0 Å². The molecule has 2 aliphatic rings. The lowest BCUT2D eigenvalue weighted by Crippen LogP contribution is -2.60. The normalized spacial score (nSPS) is 13.6. The van der Waals surface area contributed by atoms with E-state index in [0.29, 0.717) is 0 Å². The number of anilines is 6. The summed E-state index contributed by atoms with van der Waals surface area (Å²) in [5, 5.41) is 6.56. The number of para-hydroxylation sites is 3. The molecule has 0 saturated heterocycles. The van der Waals surface area contributed by atoms with Crippen LogP contribution in [0, 0.1) is 0 Å². The van der Waals surface area contributed by atoms with E-state index in [0.717, 1.165) is 5.69 Å². The Morgan fingerprint density at radius 2 is 1.12 bits per heavy atom. The van der Waals surface area contributed by atoms with Crippen molar-refractivity contribution in [3.8, 4) is 11.1 Å². The molecule has 0 amide bonds. The van der Waals surface area contributed by atoms with Gasteiger partial charge < -0.3 is 14.2 Å². The highest BCUT2D eigenvalue weighted by atomic mass is 32.1. The van der Waals surface area contributed by atoms with E-state index in [1.807, 2.05) is 11.3 Å². The van der Waals surface area contributed by atoms with Crippen LogP contribution in [0.3, 0.4) is 0 Å². The molecular weight excluding hydrogens is 733 g/mol. The molecule has 0 N–H and O–H groups in total. The minimum absolute atomic E-state index is 0.000941. The highest BCUT2D eigenvalue weighted by Crippen LogP contribution is 2.50. The molecule has 278 valence electrons. The Hall–Kier alpha value is -6.82. The molecule has 3 aromatic heterocycles. The van der Waals surface area contributed by atoms with Gasteiger partial charge >= 0.3 is 0 Å². The van der Waals surface area contributed by atoms with Gasteiger partial charge in [0.1, 0.15) is 0 Å². The second-order valence-corrected chi connectivity index (χ2v) is 18.4. The first-order chi connectivity index (χ1) is 28.9. The van der Waals surface area contributed by atoms with E-state index in [2.05, 4.69) is 211 Å². The summed E-state index contributed by atoms with van der Waals surface area (Å²) in [5.74, 6) is 0. The summed E-state index contributed by atoms with van der Waals surface area (Å²) in [7, 11) is 0. The maximum absolute atomic E-state index is 2.56. The largest absolute Gasteiger partial charge is 0.311 e. The average molecular weight is 772 g/mol. The van der Waals surface area contributed by atoms with Gasteiger partial charge in [0.05, 0.1) is 22.2 Å². The number of thiophene rings is 1. The monoisotopic (exact) mass is 771 g/mol. The smallest absolute Gasteiger partial charge is 0.264 e. The Balaban J connectivity index is 1.18. The Kier molecular flexibility index (Phi) is 6.68. The van der Waals surface area contributed by atoms with E-state index in [9.17, 15) is 0 Å². The lowest BCUT2D eigenvalue weighted by molar-refractivity contribution is 0.592. The van der Waals surface area contributed by atoms with E-state index in [1.54, 1.807) is 0 Å². The van der Waals surface area contributed by atoms with Crippen molar-refractivity contribution in [3.63, 3.8) is 0 Å². The van der Waals surface area contributed by atoms with E-state index < -0.39 is 0 Å². The van der Waals surface area contributed by atoms with Crippen molar-refractivity contribution in [1.29, 1.82) is 0 Å². The predicted octanol–water partition coefficient (Wildman–Crippen LogP) is 13.1. The Bertz CT molecular complexity index is 3490. The van der Waals surface area contributed by atoms with Gasteiger partial charge in [0.25, 0.3) is 6.71 Å². The SMILES string of the molecule is CC(C)(C)c1cc2c3ccccc3n3c4cc5c(cc4c(c1)c23)N(c1ccccc1)c1cccc2c1B5c1sc3ccc(-c4ccccc4)cc3c1N2c1ccccc1. The topological polar surface area (TPSA) is 10.9 Å². The highest BCUT2D eigenvalue weighted by molar-refractivity contribution is 7.33. The average Bonchev–Trinajstić information content (AvgIpc) is 3.93. The number of fused-ring (bicyclic) bond motifs is 12. The zero-order valence-corrected chi connectivity index (χ0v) is 33.9. The van der Waals surface area contributed by atoms with E-state index in [-0.39, 0.29) is 12.1 Å². The molecule has 2 aliphatic heterocycles.